The Labute approximate surface area is 111 Å². The van der Waals surface area contributed by atoms with Crippen LogP contribution in [0.15, 0.2) is 23.8 Å². The second-order valence-corrected chi connectivity index (χ2v) is 5.65. The number of rotatable bonds is 3. The molecule has 1 aliphatic rings. The van der Waals surface area contributed by atoms with Gasteiger partial charge in [-0.15, -0.1) is 0 Å². The molecule has 0 spiro atoms. The van der Waals surface area contributed by atoms with E-state index < -0.39 is 0 Å². The summed E-state index contributed by atoms with van der Waals surface area (Å²) in [5, 5.41) is 3.62. The van der Waals surface area contributed by atoms with Crippen LogP contribution in [0, 0.1) is 13.8 Å². The van der Waals surface area contributed by atoms with Crippen molar-refractivity contribution in [2.45, 2.75) is 52.5 Å². The molecule has 1 N–H and O–H groups in total. The Morgan fingerprint density at radius 1 is 1.28 bits per heavy atom. The van der Waals surface area contributed by atoms with Crippen LogP contribution in [0.25, 0.3) is 6.08 Å². The maximum absolute atomic E-state index is 3.62. The van der Waals surface area contributed by atoms with Crippen molar-refractivity contribution >= 4 is 6.08 Å². The Morgan fingerprint density at radius 3 is 2.61 bits per heavy atom. The van der Waals surface area contributed by atoms with Gasteiger partial charge in [-0.25, -0.2) is 0 Å². The number of hydrogen-bond acceptors (Lipinski definition) is 1. The van der Waals surface area contributed by atoms with Crippen LogP contribution in [-0.4, -0.2) is 12.6 Å². The van der Waals surface area contributed by atoms with Crippen molar-refractivity contribution in [3.8, 4) is 0 Å². The number of nitrogens with one attached hydrogen (secondary N) is 1. The van der Waals surface area contributed by atoms with E-state index in [0.717, 1.165) is 0 Å². The molecule has 98 valence electrons. The van der Waals surface area contributed by atoms with Crippen molar-refractivity contribution in [3.05, 3.63) is 40.5 Å². The lowest BCUT2D eigenvalue weighted by Crippen LogP contribution is -2.33. The minimum absolute atomic E-state index is 0.694. The average Bonchev–Trinajstić information content (AvgIpc) is 2.35. The van der Waals surface area contributed by atoms with Crippen molar-refractivity contribution in [1.82, 2.24) is 5.32 Å². The van der Waals surface area contributed by atoms with Gasteiger partial charge in [-0.2, -0.15) is 0 Å². The van der Waals surface area contributed by atoms with Gasteiger partial charge >= 0.3 is 0 Å². The molecule has 1 saturated heterocycles. The first-order valence-electron chi connectivity index (χ1n) is 7.13. The summed E-state index contributed by atoms with van der Waals surface area (Å²) in [4.78, 5) is 0. The first-order chi connectivity index (χ1) is 8.66. The molecule has 1 fully saturated rings. The maximum Gasteiger partial charge on any atom is 0.0104 e. The van der Waals surface area contributed by atoms with Gasteiger partial charge in [0.15, 0.2) is 0 Å². The van der Waals surface area contributed by atoms with Crippen LogP contribution >= 0.6 is 0 Å². The lowest BCUT2D eigenvalue weighted by atomic mass is 9.95. The average molecular weight is 243 g/mol. The standard InChI is InChI=1S/C17H25N/c1-13(11-16-9-4-5-10-18-16)12-17-14(2)7-6-8-15(17)3/h6-8,12,16,18H,4-5,9-11H2,1-3H3/b13-12-. The normalized spacial score (nSPS) is 21.1. The van der Waals surface area contributed by atoms with Crippen LogP contribution in [0.1, 0.15) is 49.3 Å². The second-order valence-electron chi connectivity index (χ2n) is 5.65. The highest BCUT2D eigenvalue weighted by atomic mass is 14.9. The molecule has 18 heavy (non-hydrogen) atoms. The monoisotopic (exact) mass is 243 g/mol. The van der Waals surface area contributed by atoms with E-state index in [0.29, 0.717) is 6.04 Å². The van der Waals surface area contributed by atoms with E-state index in [2.05, 4.69) is 50.4 Å². The van der Waals surface area contributed by atoms with Crippen LogP contribution in [-0.2, 0) is 0 Å². The van der Waals surface area contributed by atoms with Gasteiger partial charge in [0, 0.05) is 6.04 Å². The molecule has 1 aromatic rings. The van der Waals surface area contributed by atoms with Crippen molar-refractivity contribution in [1.29, 1.82) is 0 Å². The van der Waals surface area contributed by atoms with Crippen LogP contribution in [0.3, 0.4) is 0 Å². The van der Waals surface area contributed by atoms with E-state index in [4.69, 9.17) is 0 Å². The number of hydrogen-bond donors (Lipinski definition) is 1. The second kappa shape index (κ2) is 6.19. The van der Waals surface area contributed by atoms with Gasteiger partial charge < -0.3 is 5.32 Å². The molecule has 1 nitrogen and oxygen atoms in total. The van der Waals surface area contributed by atoms with Gasteiger partial charge in [0.1, 0.15) is 0 Å². The van der Waals surface area contributed by atoms with Gasteiger partial charge in [-0.1, -0.05) is 36.3 Å². The molecule has 1 atom stereocenters. The molecule has 1 heterocycles. The van der Waals surface area contributed by atoms with E-state index in [1.54, 1.807) is 0 Å². The molecule has 0 bridgehead atoms. The largest absolute Gasteiger partial charge is 0.314 e. The molecule has 0 saturated carbocycles. The highest BCUT2D eigenvalue weighted by Crippen LogP contribution is 2.20. The minimum atomic E-state index is 0.694. The van der Waals surface area contributed by atoms with Crippen LogP contribution in [0.2, 0.25) is 0 Å². The maximum atomic E-state index is 3.62. The summed E-state index contributed by atoms with van der Waals surface area (Å²) in [6.45, 7) is 7.86. The summed E-state index contributed by atoms with van der Waals surface area (Å²) in [6, 6.07) is 7.23. The molecule has 1 aliphatic heterocycles. The van der Waals surface area contributed by atoms with E-state index in [1.807, 2.05) is 0 Å². The fourth-order valence-corrected chi connectivity index (χ4v) is 2.85. The Balaban J connectivity index is 2.07. The Morgan fingerprint density at radius 2 is 2.00 bits per heavy atom. The summed E-state index contributed by atoms with van der Waals surface area (Å²) in [6.07, 6.45) is 7.62. The highest BCUT2D eigenvalue weighted by Gasteiger charge is 2.12. The Hall–Kier alpha value is -1.08. The molecular formula is C17H25N. The number of piperidine rings is 1. The van der Waals surface area contributed by atoms with Gasteiger partial charge in [-0.3, -0.25) is 0 Å². The first-order valence-corrected chi connectivity index (χ1v) is 7.13. The van der Waals surface area contributed by atoms with Crippen molar-refractivity contribution in [2.75, 3.05) is 6.54 Å². The first kappa shape index (κ1) is 13.4. The predicted molar refractivity (Wildman–Crippen MR) is 79.8 cm³/mol. The molecule has 0 aromatic heterocycles. The Bertz CT molecular complexity index is 405. The molecule has 0 aliphatic carbocycles. The van der Waals surface area contributed by atoms with E-state index in [1.165, 1.54) is 54.5 Å². The van der Waals surface area contributed by atoms with Crippen molar-refractivity contribution in [3.63, 3.8) is 0 Å². The zero-order chi connectivity index (χ0) is 13.0. The fourth-order valence-electron chi connectivity index (χ4n) is 2.85. The smallest absolute Gasteiger partial charge is 0.0104 e. The van der Waals surface area contributed by atoms with Gasteiger partial charge in [-0.05, 0) is 63.3 Å². The van der Waals surface area contributed by atoms with Crippen LogP contribution < -0.4 is 5.32 Å². The van der Waals surface area contributed by atoms with Gasteiger partial charge in [0.05, 0.1) is 0 Å². The van der Waals surface area contributed by atoms with Crippen LogP contribution in [0.4, 0.5) is 0 Å². The SMILES string of the molecule is C/C(=C/c1c(C)cccc1C)CC1CCCCN1. The lowest BCUT2D eigenvalue weighted by Gasteiger charge is -2.23. The van der Waals surface area contributed by atoms with Crippen molar-refractivity contribution < 1.29 is 0 Å². The molecule has 0 amide bonds. The summed E-state index contributed by atoms with van der Waals surface area (Å²) in [7, 11) is 0. The van der Waals surface area contributed by atoms with E-state index in [9.17, 15) is 0 Å². The predicted octanol–water partition coefficient (Wildman–Crippen LogP) is 4.24. The third-order valence-electron chi connectivity index (χ3n) is 3.91. The molecule has 1 heteroatoms. The topological polar surface area (TPSA) is 12.0 Å². The van der Waals surface area contributed by atoms with Crippen molar-refractivity contribution in [2.24, 2.45) is 0 Å². The minimum Gasteiger partial charge on any atom is -0.314 e. The fraction of sp³-hybridized carbons (Fsp3) is 0.529. The molecular weight excluding hydrogens is 218 g/mol. The summed E-state index contributed by atoms with van der Waals surface area (Å²) in [5.74, 6) is 0. The quantitative estimate of drug-likeness (QED) is 0.837. The molecule has 0 radical (unpaired) electrons. The molecule has 2 rings (SSSR count). The lowest BCUT2D eigenvalue weighted by molar-refractivity contribution is 0.399. The zero-order valence-corrected chi connectivity index (χ0v) is 11.9. The number of aryl methyl sites for hydroxylation is 2. The number of benzene rings is 1. The molecule has 1 aromatic carbocycles. The summed E-state index contributed by atoms with van der Waals surface area (Å²) < 4.78 is 0. The van der Waals surface area contributed by atoms with Gasteiger partial charge in [0.2, 0.25) is 0 Å². The third kappa shape index (κ3) is 3.46. The summed E-state index contributed by atoms with van der Waals surface area (Å²) >= 11 is 0. The third-order valence-corrected chi connectivity index (χ3v) is 3.91. The van der Waals surface area contributed by atoms with Gasteiger partial charge in [0.25, 0.3) is 0 Å². The Kier molecular flexibility index (Phi) is 4.60. The van der Waals surface area contributed by atoms with Crippen LogP contribution in [0.5, 0.6) is 0 Å². The van der Waals surface area contributed by atoms with E-state index in [-0.39, 0.29) is 0 Å². The molecule has 1 unspecified atom stereocenters. The summed E-state index contributed by atoms with van der Waals surface area (Å²) in [5.41, 5.74) is 5.66. The highest BCUT2D eigenvalue weighted by molar-refractivity contribution is 5.59. The van der Waals surface area contributed by atoms with E-state index >= 15 is 0 Å². The zero-order valence-electron chi connectivity index (χ0n) is 11.9.